The molecule has 288 valence electrons. The number of benzene rings is 1. The van der Waals surface area contributed by atoms with Crippen molar-refractivity contribution in [3.05, 3.63) is 51.7 Å². The maximum Gasteiger partial charge on any atom is 0.306 e. The second-order valence-corrected chi connectivity index (χ2v) is 15.4. The molecular weight excluding hydrogens is 690 g/mol. The van der Waals surface area contributed by atoms with Crippen LogP contribution < -0.4 is 10.6 Å². The van der Waals surface area contributed by atoms with Crippen LogP contribution in [0.25, 0.3) is 0 Å². The van der Waals surface area contributed by atoms with Gasteiger partial charge in [0.1, 0.15) is 22.6 Å². The molecule has 7 atom stereocenters. The first-order valence-corrected chi connectivity index (χ1v) is 19.1. The van der Waals surface area contributed by atoms with Gasteiger partial charge in [0.25, 0.3) is 5.91 Å². The normalized spacial score (nSPS) is 18.4. The number of nitrogens with zero attached hydrogens (tertiary/aromatic N) is 3. The lowest BCUT2D eigenvalue weighted by Crippen LogP contribution is -2.58. The molecule has 1 fully saturated rings. The van der Waals surface area contributed by atoms with E-state index in [0.29, 0.717) is 11.4 Å². The van der Waals surface area contributed by atoms with E-state index in [9.17, 15) is 33.5 Å². The second kappa shape index (κ2) is 19.8. The minimum Gasteiger partial charge on any atom is -0.481 e. The molecule has 0 spiro atoms. The van der Waals surface area contributed by atoms with Crippen LogP contribution in [0.15, 0.2) is 29.6 Å². The fraction of sp³-hybridized carbons (Fsp3) is 0.632. The zero-order chi connectivity index (χ0) is 38.7. The average molecular weight is 746 g/mol. The van der Waals surface area contributed by atoms with Crippen LogP contribution in [-0.2, 0) is 30.3 Å². The average Bonchev–Trinajstić information content (AvgIpc) is 3.59. The highest BCUT2D eigenvalue weighted by Gasteiger charge is 2.37. The number of ether oxygens (including phenoxy) is 1. The first-order valence-electron chi connectivity index (χ1n) is 18.2. The summed E-state index contributed by atoms with van der Waals surface area (Å²) in [6, 6.07) is 3.76. The quantitative estimate of drug-likeness (QED) is 0.174. The third kappa shape index (κ3) is 12.1. The molecule has 2 aromatic rings. The highest BCUT2D eigenvalue weighted by molar-refractivity contribution is 7.09. The Labute approximate surface area is 310 Å². The molecule has 3 N–H and O–H groups in total. The third-order valence-corrected chi connectivity index (χ3v) is 11.0. The molecule has 1 aromatic heterocycles. The van der Waals surface area contributed by atoms with Crippen molar-refractivity contribution < 1.29 is 38.2 Å². The number of thiazole rings is 1. The Bertz CT molecular complexity index is 1520. The van der Waals surface area contributed by atoms with Crippen molar-refractivity contribution in [3.63, 3.8) is 0 Å². The summed E-state index contributed by atoms with van der Waals surface area (Å²) in [4.78, 5) is 73.2. The van der Waals surface area contributed by atoms with Crippen molar-refractivity contribution in [2.75, 3.05) is 20.6 Å². The van der Waals surface area contributed by atoms with Gasteiger partial charge in [-0.3, -0.25) is 28.9 Å². The van der Waals surface area contributed by atoms with E-state index in [1.165, 1.54) is 19.1 Å². The number of carbonyl (C=O) groups excluding carboxylic acids is 4. The maximum absolute atomic E-state index is 14.2. The summed E-state index contributed by atoms with van der Waals surface area (Å²) in [5, 5.41) is 17.4. The second-order valence-electron chi connectivity index (χ2n) is 14.5. The first-order chi connectivity index (χ1) is 24.5. The summed E-state index contributed by atoms with van der Waals surface area (Å²) in [5.41, 5.74) is 0.801. The maximum atomic E-state index is 14.2. The van der Waals surface area contributed by atoms with Gasteiger partial charge in [-0.2, -0.15) is 0 Å². The van der Waals surface area contributed by atoms with Crippen LogP contribution >= 0.6 is 11.3 Å². The zero-order valence-electron chi connectivity index (χ0n) is 31.7. The molecule has 1 saturated heterocycles. The van der Waals surface area contributed by atoms with Gasteiger partial charge < -0.3 is 25.4 Å². The van der Waals surface area contributed by atoms with E-state index < -0.39 is 53.8 Å². The largest absolute Gasteiger partial charge is 0.481 e. The van der Waals surface area contributed by atoms with Gasteiger partial charge in [-0.05, 0) is 68.8 Å². The van der Waals surface area contributed by atoms with Gasteiger partial charge >= 0.3 is 11.9 Å². The highest BCUT2D eigenvalue weighted by Crippen LogP contribution is 2.31. The molecule has 12 nitrogen and oxygen atoms in total. The molecule has 0 radical (unpaired) electrons. The monoisotopic (exact) mass is 745 g/mol. The molecule has 0 aliphatic carbocycles. The smallest absolute Gasteiger partial charge is 0.306 e. The van der Waals surface area contributed by atoms with Gasteiger partial charge in [0, 0.05) is 37.9 Å². The fourth-order valence-electron chi connectivity index (χ4n) is 6.64. The Morgan fingerprint density at radius 2 is 1.75 bits per heavy atom. The number of likely N-dealkylation sites (N-methyl/N-ethyl adjacent to an activating group) is 2. The Morgan fingerprint density at radius 1 is 1.08 bits per heavy atom. The predicted molar refractivity (Wildman–Crippen MR) is 197 cm³/mol. The van der Waals surface area contributed by atoms with Gasteiger partial charge in [0.2, 0.25) is 11.8 Å². The fourth-order valence-corrected chi connectivity index (χ4v) is 7.48. The van der Waals surface area contributed by atoms with Crippen LogP contribution in [0.3, 0.4) is 0 Å². The van der Waals surface area contributed by atoms with Gasteiger partial charge in [0.05, 0.1) is 12.0 Å². The molecule has 2 heterocycles. The van der Waals surface area contributed by atoms with Crippen LogP contribution in [-0.4, -0.2) is 94.4 Å². The number of carboxylic acids is 1. The molecular formula is C38H56FN5O7S. The molecule has 1 aliphatic rings. The van der Waals surface area contributed by atoms with E-state index in [2.05, 4.69) is 15.6 Å². The molecule has 52 heavy (non-hydrogen) atoms. The number of carboxylic acid groups (broad SMARTS) is 1. The van der Waals surface area contributed by atoms with Crippen LogP contribution in [0.1, 0.15) is 107 Å². The topological polar surface area (TPSA) is 158 Å². The number of hydrogen-bond acceptors (Lipinski definition) is 9. The van der Waals surface area contributed by atoms with Crippen molar-refractivity contribution in [3.8, 4) is 0 Å². The molecule has 14 heteroatoms. The van der Waals surface area contributed by atoms with Crippen molar-refractivity contribution in [1.82, 2.24) is 25.4 Å². The number of esters is 1. The van der Waals surface area contributed by atoms with E-state index in [1.54, 1.807) is 36.4 Å². The summed E-state index contributed by atoms with van der Waals surface area (Å²) in [6.07, 6.45) is 3.15. The van der Waals surface area contributed by atoms with E-state index in [-0.39, 0.29) is 54.6 Å². The lowest BCUT2D eigenvalue weighted by Gasteiger charge is -2.38. The Balaban J connectivity index is 1.81. The summed E-state index contributed by atoms with van der Waals surface area (Å²) < 4.78 is 19.2. The van der Waals surface area contributed by atoms with Gasteiger partial charge in [-0.1, -0.05) is 59.6 Å². The van der Waals surface area contributed by atoms with Gasteiger partial charge in [-0.15, -0.1) is 11.3 Å². The molecule has 0 saturated carbocycles. The minimum atomic E-state index is -1.00. The summed E-state index contributed by atoms with van der Waals surface area (Å²) in [5.74, 6) is -3.83. The number of piperidine rings is 1. The van der Waals surface area contributed by atoms with Crippen molar-refractivity contribution in [2.45, 2.75) is 117 Å². The van der Waals surface area contributed by atoms with Gasteiger partial charge in [-0.25, -0.2) is 9.37 Å². The number of aliphatic carboxylic acids is 1. The van der Waals surface area contributed by atoms with Crippen LogP contribution in [0, 0.1) is 23.6 Å². The summed E-state index contributed by atoms with van der Waals surface area (Å²) >= 11 is 1.14. The number of likely N-dealkylation sites (tertiary alicyclic amines) is 1. The SMILES string of the molecule is CC[C@H](C)C(NC(=O)[C@H]1CCCCN1C)C(=O)N(C)[C@H](C[C@@H](OC(C)=O)c1nc(C(=O)N[C@@H](Cc2ccc(F)cc2)C[C@H](C)C(=O)O)cs1)C(C)C. The van der Waals surface area contributed by atoms with Crippen LogP contribution in [0.4, 0.5) is 4.39 Å². The standard InChI is InChI=1S/C38H56FN5O7S/c1-9-23(4)33(42-35(47)30-12-10-11-17-43(30)7)37(48)44(8)31(22(2)3)20-32(51-25(6)45)36-41-29(21-52-36)34(46)40-28(18-24(5)38(49)50)19-26-13-15-27(39)16-14-26/h13-16,21-24,28,30-33H,9-12,17-20H2,1-8H3,(H,40,46)(H,42,47)(H,49,50)/t23-,24-,28+,30+,31+,32+,33?/m0/s1. The Morgan fingerprint density at radius 3 is 2.33 bits per heavy atom. The van der Waals surface area contributed by atoms with Crippen molar-refractivity contribution in [1.29, 1.82) is 0 Å². The number of nitrogens with one attached hydrogen (secondary N) is 2. The number of aromatic nitrogens is 1. The molecule has 3 rings (SSSR count). The van der Waals surface area contributed by atoms with Crippen LogP contribution in [0.2, 0.25) is 0 Å². The molecule has 0 bridgehead atoms. The van der Waals surface area contributed by atoms with E-state index in [1.807, 2.05) is 39.6 Å². The predicted octanol–water partition coefficient (Wildman–Crippen LogP) is 5.23. The molecule has 1 aliphatic heterocycles. The molecule has 1 aromatic carbocycles. The number of amides is 3. The number of carbonyl (C=O) groups is 5. The van der Waals surface area contributed by atoms with E-state index in [0.717, 1.165) is 42.7 Å². The molecule has 1 unspecified atom stereocenters. The lowest BCUT2D eigenvalue weighted by atomic mass is 9.92. The van der Waals surface area contributed by atoms with Crippen LogP contribution in [0.5, 0.6) is 0 Å². The number of rotatable bonds is 18. The summed E-state index contributed by atoms with van der Waals surface area (Å²) in [6.45, 7) is 11.5. The van der Waals surface area contributed by atoms with Crippen molar-refractivity contribution >= 4 is 41.0 Å². The lowest BCUT2D eigenvalue weighted by molar-refractivity contribution is -0.149. The molecule has 3 amide bonds. The number of hydrogen-bond donors (Lipinski definition) is 3. The van der Waals surface area contributed by atoms with E-state index >= 15 is 0 Å². The van der Waals surface area contributed by atoms with E-state index in [4.69, 9.17) is 4.74 Å². The Hall–Kier alpha value is -3.91. The van der Waals surface area contributed by atoms with Gasteiger partial charge in [0.15, 0.2) is 6.10 Å². The highest BCUT2D eigenvalue weighted by atomic mass is 32.1. The summed E-state index contributed by atoms with van der Waals surface area (Å²) in [7, 11) is 3.63. The zero-order valence-corrected chi connectivity index (χ0v) is 32.5. The third-order valence-electron chi connectivity index (χ3n) is 10.0. The Kier molecular flexibility index (Phi) is 16.2. The number of halogens is 1. The minimum absolute atomic E-state index is 0.0713. The first kappa shape index (κ1) is 42.5. The van der Waals surface area contributed by atoms with Crippen molar-refractivity contribution in [2.24, 2.45) is 17.8 Å².